The second-order valence-electron chi connectivity index (χ2n) is 5.01. The summed E-state index contributed by atoms with van der Waals surface area (Å²) in [6.45, 7) is 6.59. The van der Waals surface area contributed by atoms with Crippen molar-refractivity contribution in [3.63, 3.8) is 0 Å². The molecule has 1 rings (SSSR count). The molecule has 0 saturated carbocycles. The monoisotopic (exact) mass is 210 g/mol. The van der Waals surface area contributed by atoms with Crippen molar-refractivity contribution in [2.45, 2.75) is 59.0 Å². The highest BCUT2D eigenvalue weighted by Crippen LogP contribution is 2.33. The van der Waals surface area contributed by atoms with Crippen molar-refractivity contribution in [2.24, 2.45) is 5.41 Å². The summed E-state index contributed by atoms with van der Waals surface area (Å²) in [6.07, 6.45) is 9.24. The van der Waals surface area contributed by atoms with Crippen LogP contribution < -0.4 is 0 Å². The maximum absolute atomic E-state index is 11.1. The highest BCUT2D eigenvalue weighted by atomic mass is 16.5. The van der Waals surface area contributed by atoms with Crippen molar-refractivity contribution < 1.29 is 9.53 Å². The van der Waals surface area contributed by atoms with Crippen molar-refractivity contribution in [1.29, 1.82) is 0 Å². The van der Waals surface area contributed by atoms with E-state index in [1.807, 2.05) is 6.08 Å². The van der Waals surface area contributed by atoms with E-state index >= 15 is 0 Å². The second-order valence-corrected chi connectivity index (χ2v) is 5.01. The molecular formula is C13H22O2. The maximum Gasteiger partial charge on any atom is 0.330 e. The molecule has 1 aliphatic heterocycles. The van der Waals surface area contributed by atoms with Gasteiger partial charge in [-0.15, -0.1) is 0 Å². The van der Waals surface area contributed by atoms with Gasteiger partial charge in [0.2, 0.25) is 0 Å². The molecule has 86 valence electrons. The van der Waals surface area contributed by atoms with Gasteiger partial charge < -0.3 is 4.74 Å². The largest absolute Gasteiger partial charge is 0.458 e. The maximum atomic E-state index is 11.1. The van der Waals surface area contributed by atoms with Gasteiger partial charge in [-0.2, -0.15) is 0 Å². The van der Waals surface area contributed by atoms with E-state index < -0.39 is 0 Å². The molecule has 2 nitrogen and oxygen atoms in total. The topological polar surface area (TPSA) is 26.3 Å². The molecule has 1 atom stereocenters. The van der Waals surface area contributed by atoms with E-state index in [1.165, 1.54) is 25.3 Å². The Morgan fingerprint density at radius 1 is 1.47 bits per heavy atom. The van der Waals surface area contributed by atoms with Gasteiger partial charge in [0, 0.05) is 17.9 Å². The zero-order valence-corrected chi connectivity index (χ0v) is 10.1. The number of hydrogen-bond donors (Lipinski definition) is 0. The Morgan fingerprint density at radius 2 is 2.20 bits per heavy atom. The van der Waals surface area contributed by atoms with E-state index in [0.29, 0.717) is 0 Å². The summed E-state index contributed by atoms with van der Waals surface area (Å²) in [7, 11) is 0. The van der Waals surface area contributed by atoms with E-state index in [0.717, 1.165) is 12.8 Å². The molecule has 1 heterocycles. The first-order chi connectivity index (χ1) is 7.06. The van der Waals surface area contributed by atoms with Gasteiger partial charge in [-0.25, -0.2) is 4.79 Å². The fraction of sp³-hybridized carbons (Fsp3) is 0.769. The lowest BCUT2D eigenvalue weighted by molar-refractivity contribution is -0.150. The van der Waals surface area contributed by atoms with Crippen LogP contribution in [0.4, 0.5) is 0 Å². The van der Waals surface area contributed by atoms with Crippen molar-refractivity contribution in [3.8, 4) is 0 Å². The fourth-order valence-electron chi connectivity index (χ4n) is 1.99. The molecule has 0 spiro atoms. The van der Waals surface area contributed by atoms with Crippen molar-refractivity contribution in [3.05, 3.63) is 12.2 Å². The summed E-state index contributed by atoms with van der Waals surface area (Å²) < 4.78 is 5.36. The molecule has 1 aliphatic rings. The summed E-state index contributed by atoms with van der Waals surface area (Å²) in [5.41, 5.74) is 0.107. The quantitative estimate of drug-likeness (QED) is 0.513. The lowest BCUT2D eigenvalue weighted by Gasteiger charge is -2.34. The van der Waals surface area contributed by atoms with E-state index in [-0.39, 0.29) is 17.5 Å². The molecular weight excluding hydrogens is 188 g/mol. The number of hydrogen-bond acceptors (Lipinski definition) is 2. The van der Waals surface area contributed by atoms with Gasteiger partial charge in [-0.05, 0) is 6.42 Å². The molecule has 0 aromatic rings. The second kappa shape index (κ2) is 5.34. The number of rotatable bonds is 5. The number of esters is 1. The Balaban J connectivity index is 2.45. The van der Waals surface area contributed by atoms with Crippen LogP contribution in [0, 0.1) is 5.41 Å². The van der Waals surface area contributed by atoms with Gasteiger partial charge in [0.1, 0.15) is 6.10 Å². The summed E-state index contributed by atoms with van der Waals surface area (Å²) >= 11 is 0. The van der Waals surface area contributed by atoms with Crippen LogP contribution in [-0.4, -0.2) is 12.1 Å². The Hall–Kier alpha value is -0.790. The van der Waals surface area contributed by atoms with Crippen LogP contribution in [-0.2, 0) is 9.53 Å². The lowest BCUT2D eigenvalue weighted by atomic mass is 9.79. The fourth-order valence-corrected chi connectivity index (χ4v) is 1.99. The summed E-state index contributed by atoms with van der Waals surface area (Å²) in [5.74, 6) is -0.185. The molecule has 0 aliphatic carbocycles. The zero-order valence-electron chi connectivity index (χ0n) is 10.1. The molecule has 0 fully saturated rings. The van der Waals surface area contributed by atoms with Crippen LogP contribution in [0.15, 0.2) is 12.2 Å². The minimum Gasteiger partial charge on any atom is -0.458 e. The first-order valence-electron chi connectivity index (χ1n) is 5.93. The predicted molar refractivity (Wildman–Crippen MR) is 61.6 cm³/mol. The van der Waals surface area contributed by atoms with Crippen molar-refractivity contribution >= 4 is 5.97 Å². The van der Waals surface area contributed by atoms with Gasteiger partial charge >= 0.3 is 5.97 Å². The molecule has 0 radical (unpaired) electrons. The Bertz CT molecular complexity index is 241. The van der Waals surface area contributed by atoms with E-state index in [1.54, 1.807) is 0 Å². The van der Waals surface area contributed by atoms with Gasteiger partial charge in [-0.3, -0.25) is 0 Å². The summed E-state index contributed by atoms with van der Waals surface area (Å²) in [4.78, 5) is 11.1. The molecule has 15 heavy (non-hydrogen) atoms. The van der Waals surface area contributed by atoms with Gasteiger partial charge in [0.05, 0.1) is 0 Å². The smallest absolute Gasteiger partial charge is 0.330 e. The minimum absolute atomic E-state index is 0.0619. The lowest BCUT2D eigenvalue weighted by Crippen LogP contribution is -2.35. The van der Waals surface area contributed by atoms with Crippen molar-refractivity contribution in [2.75, 3.05) is 0 Å². The average Bonchev–Trinajstić information content (AvgIpc) is 2.18. The van der Waals surface area contributed by atoms with Gasteiger partial charge in [0.25, 0.3) is 0 Å². The van der Waals surface area contributed by atoms with E-state index in [9.17, 15) is 4.79 Å². The molecule has 0 bridgehead atoms. The third-order valence-corrected chi connectivity index (χ3v) is 3.16. The Labute approximate surface area is 92.7 Å². The van der Waals surface area contributed by atoms with E-state index in [2.05, 4.69) is 20.8 Å². The molecule has 0 N–H and O–H groups in total. The first-order valence-corrected chi connectivity index (χ1v) is 5.93. The number of carbonyl (C=O) groups excluding carboxylic acids is 1. The Morgan fingerprint density at radius 3 is 2.80 bits per heavy atom. The van der Waals surface area contributed by atoms with E-state index in [4.69, 9.17) is 4.74 Å². The molecule has 0 saturated heterocycles. The number of carbonyl (C=O) groups is 1. The minimum atomic E-state index is -0.185. The van der Waals surface area contributed by atoms with Gasteiger partial charge in [0.15, 0.2) is 0 Å². The third-order valence-electron chi connectivity index (χ3n) is 3.16. The van der Waals surface area contributed by atoms with Crippen molar-refractivity contribution in [1.82, 2.24) is 0 Å². The number of cyclic esters (lactones) is 1. The van der Waals surface area contributed by atoms with Crippen LogP contribution in [0.25, 0.3) is 0 Å². The molecule has 0 aromatic carbocycles. The molecule has 0 aromatic heterocycles. The standard InChI is InChI=1S/C13H22O2/c1-4-5-6-10-13(2,3)11-8-7-9-12(14)15-11/h7,9,11H,4-6,8,10H2,1-3H3. The third kappa shape index (κ3) is 3.69. The normalized spacial score (nSPS) is 21.5. The summed E-state index contributed by atoms with van der Waals surface area (Å²) in [6, 6.07) is 0. The predicted octanol–water partition coefficient (Wildman–Crippen LogP) is 3.46. The van der Waals surface area contributed by atoms with Crippen LogP contribution in [0.3, 0.4) is 0 Å². The number of ether oxygens (including phenoxy) is 1. The molecule has 1 unspecified atom stereocenters. The number of unbranched alkanes of at least 4 members (excludes halogenated alkanes) is 2. The SMILES string of the molecule is CCCCCC(C)(C)C1CC=CC(=O)O1. The van der Waals surface area contributed by atoms with Gasteiger partial charge in [-0.1, -0.05) is 46.1 Å². The average molecular weight is 210 g/mol. The first kappa shape index (κ1) is 12.3. The summed E-state index contributed by atoms with van der Waals surface area (Å²) in [5, 5.41) is 0. The molecule has 0 amide bonds. The van der Waals surface area contributed by atoms with Crippen LogP contribution >= 0.6 is 0 Å². The Kier molecular flexibility index (Phi) is 4.37. The molecule has 2 heteroatoms. The van der Waals surface area contributed by atoms with Crippen LogP contribution in [0.2, 0.25) is 0 Å². The zero-order chi connectivity index (χ0) is 11.3. The highest BCUT2D eigenvalue weighted by molar-refractivity contribution is 5.82. The van der Waals surface area contributed by atoms with Crippen LogP contribution in [0.1, 0.15) is 52.9 Å². The highest BCUT2D eigenvalue weighted by Gasteiger charge is 2.32. The van der Waals surface area contributed by atoms with Crippen LogP contribution in [0.5, 0.6) is 0 Å².